The fourth-order valence-corrected chi connectivity index (χ4v) is 1.98. The molecule has 1 amide bonds. The molecule has 106 valence electrons. The van der Waals surface area contributed by atoms with Crippen LogP contribution in [0.15, 0.2) is 24.4 Å². The first-order valence-corrected chi connectivity index (χ1v) is 6.22. The average Bonchev–Trinajstić information content (AvgIpc) is 2.80. The van der Waals surface area contributed by atoms with Crippen molar-refractivity contribution in [3.63, 3.8) is 0 Å². The van der Waals surface area contributed by atoms with Crippen molar-refractivity contribution >= 4 is 22.8 Å². The van der Waals surface area contributed by atoms with Gasteiger partial charge in [0.1, 0.15) is 5.75 Å². The lowest BCUT2D eigenvalue weighted by atomic mass is 10.1. The quantitative estimate of drug-likeness (QED) is 0.741. The molecular formula is C14H16N2O4. The number of rotatable bonds is 6. The molecule has 6 heteroatoms. The first-order valence-electron chi connectivity index (χ1n) is 6.22. The van der Waals surface area contributed by atoms with Gasteiger partial charge in [0.15, 0.2) is 0 Å². The van der Waals surface area contributed by atoms with E-state index in [1.54, 1.807) is 13.3 Å². The van der Waals surface area contributed by atoms with Crippen LogP contribution in [0.2, 0.25) is 0 Å². The number of carbonyl (C=O) groups excluding carboxylic acids is 1. The largest absolute Gasteiger partial charge is 0.497 e. The van der Waals surface area contributed by atoms with Gasteiger partial charge in [-0.05, 0) is 23.8 Å². The Balaban J connectivity index is 2.05. The van der Waals surface area contributed by atoms with Crippen LogP contribution in [-0.4, -0.2) is 35.6 Å². The third kappa shape index (κ3) is 3.28. The van der Waals surface area contributed by atoms with Crippen LogP contribution < -0.4 is 10.1 Å². The highest BCUT2D eigenvalue weighted by Crippen LogP contribution is 2.23. The van der Waals surface area contributed by atoms with Crippen molar-refractivity contribution in [2.24, 2.45) is 0 Å². The molecule has 0 saturated carbocycles. The second kappa shape index (κ2) is 6.10. The summed E-state index contributed by atoms with van der Waals surface area (Å²) in [6.07, 6.45) is 1.90. The van der Waals surface area contributed by atoms with E-state index in [-0.39, 0.29) is 25.3 Å². The Morgan fingerprint density at radius 1 is 1.40 bits per heavy atom. The second-order valence-corrected chi connectivity index (χ2v) is 4.40. The maximum Gasteiger partial charge on any atom is 0.305 e. The highest BCUT2D eigenvalue weighted by molar-refractivity contribution is 5.89. The van der Waals surface area contributed by atoms with E-state index in [9.17, 15) is 9.59 Å². The van der Waals surface area contributed by atoms with Gasteiger partial charge in [-0.3, -0.25) is 9.59 Å². The van der Waals surface area contributed by atoms with Crippen LogP contribution in [0.4, 0.5) is 0 Å². The number of aromatic amines is 1. The Bertz CT molecular complexity index is 633. The molecule has 0 fully saturated rings. The molecule has 0 aliphatic rings. The average molecular weight is 276 g/mol. The Labute approximate surface area is 115 Å². The summed E-state index contributed by atoms with van der Waals surface area (Å²) in [4.78, 5) is 25.2. The number of H-pyrrole nitrogens is 1. The summed E-state index contributed by atoms with van der Waals surface area (Å²) in [5, 5.41) is 12.0. The molecule has 0 aliphatic carbocycles. The predicted molar refractivity (Wildman–Crippen MR) is 73.8 cm³/mol. The van der Waals surface area contributed by atoms with Crippen molar-refractivity contribution in [1.29, 1.82) is 0 Å². The second-order valence-electron chi connectivity index (χ2n) is 4.40. The lowest BCUT2D eigenvalue weighted by Crippen LogP contribution is -2.27. The van der Waals surface area contributed by atoms with Gasteiger partial charge in [-0.15, -0.1) is 0 Å². The highest BCUT2D eigenvalue weighted by atomic mass is 16.5. The van der Waals surface area contributed by atoms with E-state index in [0.29, 0.717) is 0 Å². The zero-order valence-corrected chi connectivity index (χ0v) is 11.1. The van der Waals surface area contributed by atoms with Gasteiger partial charge in [-0.25, -0.2) is 0 Å². The van der Waals surface area contributed by atoms with Crippen molar-refractivity contribution in [3.8, 4) is 5.75 Å². The minimum Gasteiger partial charge on any atom is -0.497 e. The Morgan fingerprint density at radius 2 is 2.20 bits per heavy atom. The topological polar surface area (TPSA) is 91.4 Å². The number of methoxy groups -OCH3 is 1. The smallest absolute Gasteiger partial charge is 0.305 e. The molecule has 0 bridgehead atoms. The number of fused-ring (bicyclic) bond motifs is 1. The van der Waals surface area contributed by atoms with Gasteiger partial charge in [0.25, 0.3) is 0 Å². The van der Waals surface area contributed by atoms with E-state index in [4.69, 9.17) is 9.84 Å². The molecule has 6 nitrogen and oxygen atoms in total. The molecule has 1 aromatic heterocycles. The van der Waals surface area contributed by atoms with Crippen LogP contribution in [-0.2, 0) is 16.0 Å². The number of benzene rings is 1. The minimum absolute atomic E-state index is 0.0759. The number of aliphatic carboxylic acids is 1. The number of nitrogens with one attached hydrogen (secondary N) is 2. The maximum absolute atomic E-state index is 11.7. The van der Waals surface area contributed by atoms with E-state index in [1.807, 2.05) is 18.2 Å². The number of hydrogen-bond acceptors (Lipinski definition) is 3. The van der Waals surface area contributed by atoms with E-state index >= 15 is 0 Å². The SMILES string of the molecule is COc1ccc2[nH]cc(CC(=O)NCCC(=O)O)c2c1. The zero-order chi connectivity index (χ0) is 14.5. The van der Waals surface area contributed by atoms with Gasteiger partial charge in [0, 0.05) is 23.6 Å². The third-order valence-corrected chi connectivity index (χ3v) is 2.99. The van der Waals surface area contributed by atoms with Gasteiger partial charge in [-0.2, -0.15) is 0 Å². The summed E-state index contributed by atoms with van der Waals surface area (Å²) in [6, 6.07) is 5.60. The zero-order valence-electron chi connectivity index (χ0n) is 11.1. The molecule has 1 aromatic carbocycles. The first kappa shape index (κ1) is 13.9. The van der Waals surface area contributed by atoms with E-state index in [1.165, 1.54) is 0 Å². The molecule has 0 spiro atoms. The maximum atomic E-state index is 11.7. The van der Waals surface area contributed by atoms with Gasteiger partial charge in [0.05, 0.1) is 20.0 Å². The monoisotopic (exact) mass is 276 g/mol. The number of carboxylic acid groups (broad SMARTS) is 1. The Morgan fingerprint density at radius 3 is 2.90 bits per heavy atom. The molecule has 1 heterocycles. The van der Waals surface area contributed by atoms with Crippen LogP contribution in [0, 0.1) is 0 Å². The predicted octanol–water partition coefficient (Wildman–Crippen LogP) is 1.31. The van der Waals surface area contributed by atoms with Crippen LogP contribution in [0.25, 0.3) is 10.9 Å². The molecule has 0 atom stereocenters. The van der Waals surface area contributed by atoms with Gasteiger partial charge >= 0.3 is 5.97 Å². The van der Waals surface area contributed by atoms with Gasteiger partial charge in [-0.1, -0.05) is 0 Å². The molecule has 20 heavy (non-hydrogen) atoms. The Kier molecular flexibility index (Phi) is 4.24. The van der Waals surface area contributed by atoms with Gasteiger partial charge in [0.2, 0.25) is 5.91 Å². The van der Waals surface area contributed by atoms with E-state index in [2.05, 4.69) is 10.3 Å². The van der Waals surface area contributed by atoms with Crippen molar-refractivity contribution in [3.05, 3.63) is 30.0 Å². The van der Waals surface area contributed by atoms with Gasteiger partial charge < -0.3 is 20.1 Å². The number of aromatic nitrogens is 1. The summed E-state index contributed by atoms with van der Waals surface area (Å²) in [5.74, 6) is -0.401. The van der Waals surface area contributed by atoms with Crippen LogP contribution in [0.3, 0.4) is 0 Å². The molecule has 3 N–H and O–H groups in total. The van der Waals surface area contributed by atoms with Crippen LogP contribution in [0.1, 0.15) is 12.0 Å². The normalized spacial score (nSPS) is 10.4. The van der Waals surface area contributed by atoms with E-state index in [0.717, 1.165) is 22.2 Å². The fourth-order valence-electron chi connectivity index (χ4n) is 1.98. The summed E-state index contributed by atoms with van der Waals surface area (Å²) in [6.45, 7) is 0.139. The molecular weight excluding hydrogens is 260 g/mol. The summed E-state index contributed by atoms with van der Waals surface area (Å²) in [7, 11) is 1.59. The molecule has 0 aliphatic heterocycles. The number of carbonyl (C=O) groups is 2. The number of amides is 1. The summed E-state index contributed by atoms with van der Waals surface area (Å²) < 4.78 is 5.16. The molecule has 0 unspecified atom stereocenters. The van der Waals surface area contributed by atoms with Crippen LogP contribution in [0.5, 0.6) is 5.75 Å². The highest BCUT2D eigenvalue weighted by Gasteiger charge is 2.10. The molecule has 2 rings (SSSR count). The molecule has 2 aromatic rings. The summed E-state index contributed by atoms with van der Waals surface area (Å²) in [5.41, 5.74) is 1.78. The Hall–Kier alpha value is -2.50. The number of carboxylic acids is 1. The van der Waals surface area contributed by atoms with Crippen molar-refractivity contribution < 1.29 is 19.4 Å². The lowest BCUT2D eigenvalue weighted by molar-refractivity contribution is -0.136. The minimum atomic E-state index is -0.929. The first-order chi connectivity index (χ1) is 9.60. The fraction of sp³-hybridized carbons (Fsp3) is 0.286. The standard InChI is InChI=1S/C14H16N2O4/c1-20-10-2-3-12-11(7-10)9(8-16-12)6-13(17)15-5-4-14(18)19/h2-3,7-8,16H,4-6H2,1H3,(H,15,17)(H,18,19). The van der Waals surface area contributed by atoms with E-state index < -0.39 is 5.97 Å². The lowest BCUT2D eigenvalue weighted by Gasteiger charge is -2.04. The van der Waals surface area contributed by atoms with Crippen LogP contribution >= 0.6 is 0 Å². The molecule has 0 radical (unpaired) electrons. The third-order valence-electron chi connectivity index (χ3n) is 2.99. The van der Waals surface area contributed by atoms with Crippen molar-refractivity contribution in [2.45, 2.75) is 12.8 Å². The van der Waals surface area contributed by atoms with Crippen molar-refractivity contribution in [1.82, 2.24) is 10.3 Å². The number of hydrogen-bond donors (Lipinski definition) is 3. The molecule has 0 saturated heterocycles. The summed E-state index contributed by atoms with van der Waals surface area (Å²) >= 11 is 0. The number of ether oxygens (including phenoxy) is 1. The van der Waals surface area contributed by atoms with Crippen molar-refractivity contribution in [2.75, 3.05) is 13.7 Å².